The fourth-order valence-corrected chi connectivity index (χ4v) is 1.73. The van der Waals surface area contributed by atoms with Crippen LogP contribution >= 0.6 is 0 Å². The van der Waals surface area contributed by atoms with E-state index in [-0.39, 0.29) is 12.3 Å². The van der Waals surface area contributed by atoms with E-state index in [1.807, 2.05) is 0 Å². The van der Waals surface area contributed by atoms with Gasteiger partial charge in [0.25, 0.3) is 0 Å². The van der Waals surface area contributed by atoms with Gasteiger partial charge in [0, 0.05) is 12.8 Å². The van der Waals surface area contributed by atoms with Crippen molar-refractivity contribution >= 4 is 21.3 Å². The SMILES string of the molecule is CS(=O)(=O)CCNc1ccc2n[nH]c(=O)n2n1. The van der Waals surface area contributed by atoms with Gasteiger partial charge < -0.3 is 5.32 Å². The van der Waals surface area contributed by atoms with Gasteiger partial charge in [0.05, 0.1) is 5.75 Å². The van der Waals surface area contributed by atoms with Crippen LogP contribution in [0.3, 0.4) is 0 Å². The van der Waals surface area contributed by atoms with Crippen LogP contribution in [-0.2, 0) is 9.84 Å². The fourth-order valence-electron chi connectivity index (χ4n) is 1.26. The molecule has 0 unspecified atom stereocenters. The van der Waals surface area contributed by atoms with Crippen molar-refractivity contribution in [3.63, 3.8) is 0 Å². The predicted octanol–water partition coefficient (Wildman–Crippen LogP) is -1.13. The van der Waals surface area contributed by atoms with Gasteiger partial charge in [-0.3, -0.25) is 0 Å². The second kappa shape index (κ2) is 4.17. The Morgan fingerprint density at radius 1 is 1.47 bits per heavy atom. The number of nitrogens with zero attached hydrogens (tertiary/aromatic N) is 3. The highest BCUT2D eigenvalue weighted by atomic mass is 32.2. The lowest BCUT2D eigenvalue weighted by Crippen LogP contribution is -2.17. The molecule has 0 saturated heterocycles. The molecule has 0 atom stereocenters. The van der Waals surface area contributed by atoms with Gasteiger partial charge >= 0.3 is 5.69 Å². The minimum absolute atomic E-state index is 0.00695. The molecule has 17 heavy (non-hydrogen) atoms. The minimum atomic E-state index is -3.01. The maximum Gasteiger partial charge on any atom is 0.364 e. The first-order valence-electron chi connectivity index (χ1n) is 4.82. The molecule has 2 N–H and O–H groups in total. The molecule has 9 heteroatoms. The number of fused-ring (bicyclic) bond motifs is 1. The number of sulfone groups is 1. The van der Waals surface area contributed by atoms with E-state index in [4.69, 9.17) is 0 Å². The lowest BCUT2D eigenvalue weighted by Gasteiger charge is -2.03. The lowest BCUT2D eigenvalue weighted by molar-refractivity contribution is 0.602. The first-order chi connectivity index (χ1) is 7.96. The number of nitrogens with one attached hydrogen (secondary N) is 2. The molecule has 0 fully saturated rings. The monoisotopic (exact) mass is 257 g/mol. The van der Waals surface area contributed by atoms with Crippen LogP contribution in [0.4, 0.5) is 5.82 Å². The maximum atomic E-state index is 11.2. The summed E-state index contributed by atoms with van der Waals surface area (Å²) in [6.07, 6.45) is 1.16. The van der Waals surface area contributed by atoms with Crippen molar-refractivity contribution in [3.05, 3.63) is 22.6 Å². The molecule has 0 spiro atoms. The Kier molecular flexibility index (Phi) is 2.84. The van der Waals surface area contributed by atoms with Crippen molar-refractivity contribution in [3.8, 4) is 0 Å². The number of aromatic nitrogens is 4. The van der Waals surface area contributed by atoms with Crippen LogP contribution in [0.2, 0.25) is 0 Å². The van der Waals surface area contributed by atoms with E-state index >= 15 is 0 Å². The molecule has 2 aromatic rings. The third-order valence-corrected chi connectivity index (χ3v) is 3.00. The smallest absolute Gasteiger partial charge is 0.364 e. The van der Waals surface area contributed by atoms with E-state index in [1.165, 1.54) is 0 Å². The van der Waals surface area contributed by atoms with Gasteiger partial charge in [-0.05, 0) is 12.1 Å². The van der Waals surface area contributed by atoms with Crippen LogP contribution in [0.15, 0.2) is 16.9 Å². The third-order valence-electron chi connectivity index (χ3n) is 2.05. The highest BCUT2D eigenvalue weighted by molar-refractivity contribution is 7.90. The van der Waals surface area contributed by atoms with E-state index in [2.05, 4.69) is 20.6 Å². The molecule has 0 bridgehead atoms. The second-order valence-electron chi connectivity index (χ2n) is 3.57. The zero-order valence-corrected chi connectivity index (χ0v) is 9.86. The Balaban J connectivity index is 2.14. The number of anilines is 1. The Morgan fingerprint density at radius 2 is 2.24 bits per heavy atom. The summed E-state index contributed by atoms with van der Waals surface area (Å²) in [6.45, 7) is 0.240. The van der Waals surface area contributed by atoms with Crippen molar-refractivity contribution in [2.75, 3.05) is 23.9 Å². The molecule has 0 radical (unpaired) electrons. The van der Waals surface area contributed by atoms with E-state index in [0.29, 0.717) is 11.5 Å². The second-order valence-corrected chi connectivity index (χ2v) is 5.83. The summed E-state index contributed by atoms with van der Waals surface area (Å²) in [5.74, 6) is 0.428. The minimum Gasteiger partial charge on any atom is -0.368 e. The van der Waals surface area contributed by atoms with Crippen LogP contribution in [0.1, 0.15) is 0 Å². The zero-order valence-electron chi connectivity index (χ0n) is 9.04. The van der Waals surface area contributed by atoms with Gasteiger partial charge in [-0.2, -0.15) is 9.61 Å². The summed E-state index contributed by atoms with van der Waals surface area (Å²) in [6, 6.07) is 3.23. The van der Waals surface area contributed by atoms with E-state index < -0.39 is 15.5 Å². The predicted molar refractivity (Wildman–Crippen MR) is 61.8 cm³/mol. The average molecular weight is 257 g/mol. The van der Waals surface area contributed by atoms with Crippen molar-refractivity contribution < 1.29 is 8.42 Å². The highest BCUT2D eigenvalue weighted by Crippen LogP contribution is 2.02. The van der Waals surface area contributed by atoms with Crippen molar-refractivity contribution in [2.24, 2.45) is 0 Å². The summed E-state index contributed by atoms with van der Waals surface area (Å²) in [4.78, 5) is 11.2. The Labute approximate surface area is 96.6 Å². The van der Waals surface area contributed by atoms with Crippen LogP contribution in [0.5, 0.6) is 0 Å². The van der Waals surface area contributed by atoms with Crippen molar-refractivity contribution in [2.45, 2.75) is 0 Å². The van der Waals surface area contributed by atoms with Crippen LogP contribution in [0, 0.1) is 0 Å². The molecule has 0 aliphatic heterocycles. The molecule has 0 aliphatic rings. The summed E-state index contributed by atoms with van der Waals surface area (Å²) < 4.78 is 22.9. The molecule has 2 heterocycles. The van der Waals surface area contributed by atoms with E-state index in [9.17, 15) is 13.2 Å². The zero-order chi connectivity index (χ0) is 12.5. The van der Waals surface area contributed by atoms with E-state index in [1.54, 1.807) is 12.1 Å². The number of H-pyrrole nitrogens is 1. The molecule has 0 aromatic carbocycles. The molecule has 8 nitrogen and oxygen atoms in total. The normalized spacial score (nSPS) is 11.8. The van der Waals surface area contributed by atoms with Gasteiger partial charge in [0.1, 0.15) is 15.7 Å². The molecular formula is C8H11N5O3S. The van der Waals surface area contributed by atoms with Crippen LogP contribution < -0.4 is 11.0 Å². The van der Waals surface area contributed by atoms with Crippen LogP contribution in [0.25, 0.3) is 5.65 Å². The Hall–Kier alpha value is -1.90. The molecule has 92 valence electrons. The highest BCUT2D eigenvalue weighted by Gasteiger charge is 2.04. The number of rotatable bonds is 4. The summed E-state index contributed by atoms with van der Waals surface area (Å²) >= 11 is 0. The molecular weight excluding hydrogens is 246 g/mol. The Morgan fingerprint density at radius 3 is 2.94 bits per heavy atom. The van der Waals surface area contributed by atoms with Gasteiger partial charge in [0.2, 0.25) is 0 Å². The fraction of sp³-hybridized carbons (Fsp3) is 0.375. The lowest BCUT2D eigenvalue weighted by atomic mass is 10.5. The Bertz CT molecular complexity index is 686. The van der Waals surface area contributed by atoms with Crippen molar-refractivity contribution in [1.82, 2.24) is 19.8 Å². The molecule has 0 saturated carbocycles. The van der Waals surface area contributed by atoms with Gasteiger partial charge in [-0.15, -0.1) is 5.10 Å². The summed E-state index contributed by atoms with van der Waals surface area (Å²) in [5.41, 5.74) is -0.0320. The standard InChI is InChI=1S/C8H11N5O3S/c1-17(15,16)5-4-9-6-2-3-7-10-11-8(14)13(7)12-6/h2-3H,4-5H2,1H3,(H,9,12)(H,11,14). The van der Waals surface area contributed by atoms with Gasteiger partial charge in [-0.1, -0.05) is 0 Å². The van der Waals surface area contributed by atoms with Gasteiger partial charge in [-0.25, -0.2) is 18.3 Å². The first-order valence-corrected chi connectivity index (χ1v) is 6.88. The van der Waals surface area contributed by atoms with E-state index in [0.717, 1.165) is 10.8 Å². The average Bonchev–Trinajstić information content (AvgIpc) is 2.59. The summed E-state index contributed by atoms with van der Waals surface area (Å²) in [7, 11) is -3.01. The molecule has 2 rings (SSSR count). The maximum absolute atomic E-state index is 11.2. The molecule has 0 amide bonds. The topological polar surface area (TPSA) is 109 Å². The first kappa shape index (κ1) is 11.6. The van der Waals surface area contributed by atoms with Gasteiger partial charge in [0.15, 0.2) is 5.65 Å². The largest absolute Gasteiger partial charge is 0.368 e. The van der Waals surface area contributed by atoms with Crippen molar-refractivity contribution in [1.29, 1.82) is 0 Å². The quantitative estimate of drug-likeness (QED) is 0.717. The number of hydrogen-bond donors (Lipinski definition) is 2. The molecule has 0 aliphatic carbocycles. The third kappa shape index (κ3) is 2.81. The molecule has 2 aromatic heterocycles. The summed E-state index contributed by atoms with van der Waals surface area (Å²) in [5, 5.41) is 12.8. The van der Waals surface area contributed by atoms with Crippen LogP contribution in [-0.4, -0.2) is 46.8 Å². The number of aromatic amines is 1. The number of hydrogen-bond acceptors (Lipinski definition) is 6.